The van der Waals surface area contributed by atoms with Gasteiger partial charge in [-0.1, -0.05) is 6.42 Å². The number of piperidine rings is 1. The lowest BCUT2D eigenvalue weighted by atomic mass is 9.94. The van der Waals surface area contributed by atoms with Gasteiger partial charge in [-0.3, -0.25) is 9.80 Å². The molecule has 98 valence electrons. The largest absolute Gasteiger partial charge is 0.329 e. The van der Waals surface area contributed by atoms with Crippen LogP contribution in [-0.2, 0) is 0 Å². The Kier molecular flexibility index (Phi) is 3.42. The number of likely N-dealkylation sites (tertiary alicyclic amines) is 2. The van der Waals surface area contributed by atoms with E-state index in [1.165, 1.54) is 51.6 Å². The lowest BCUT2D eigenvalue weighted by Crippen LogP contribution is -2.54. The minimum atomic E-state index is 0.655. The van der Waals surface area contributed by atoms with Crippen LogP contribution in [0, 0.1) is 0 Å². The van der Waals surface area contributed by atoms with Crippen molar-refractivity contribution in [3.8, 4) is 0 Å². The first-order valence-corrected chi connectivity index (χ1v) is 7.51. The number of nitrogens with zero attached hydrogens (tertiary/aromatic N) is 2. The van der Waals surface area contributed by atoms with Gasteiger partial charge in [0.15, 0.2) is 0 Å². The van der Waals surface area contributed by atoms with Gasteiger partial charge in [0.25, 0.3) is 0 Å². The second-order valence-corrected chi connectivity index (χ2v) is 6.29. The normalized spacial score (nSPS) is 40.9. The third kappa shape index (κ3) is 2.38. The third-order valence-corrected chi connectivity index (χ3v) is 5.04. The van der Waals surface area contributed by atoms with E-state index in [4.69, 9.17) is 5.73 Å². The fourth-order valence-electron chi connectivity index (χ4n) is 3.99. The molecule has 0 bridgehead atoms. The highest BCUT2D eigenvalue weighted by atomic mass is 15.3. The zero-order chi connectivity index (χ0) is 11.8. The van der Waals surface area contributed by atoms with Gasteiger partial charge in [0.2, 0.25) is 0 Å². The van der Waals surface area contributed by atoms with Gasteiger partial charge in [-0.2, -0.15) is 0 Å². The van der Waals surface area contributed by atoms with Crippen LogP contribution in [0.4, 0.5) is 0 Å². The van der Waals surface area contributed by atoms with Crippen LogP contribution in [0.5, 0.6) is 0 Å². The first-order valence-electron chi connectivity index (χ1n) is 7.51. The van der Waals surface area contributed by atoms with Gasteiger partial charge in [0, 0.05) is 43.8 Å². The molecule has 3 atom stereocenters. The predicted molar refractivity (Wildman–Crippen MR) is 71.0 cm³/mol. The highest BCUT2D eigenvalue weighted by Crippen LogP contribution is 2.34. The van der Waals surface area contributed by atoms with Crippen molar-refractivity contribution in [1.29, 1.82) is 0 Å². The number of rotatable bonds is 3. The average molecular weight is 237 g/mol. The molecule has 2 saturated heterocycles. The summed E-state index contributed by atoms with van der Waals surface area (Å²) in [6.07, 6.45) is 8.33. The molecular weight excluding hydrogens is 210 g/mol. The van der Waals surface area contributed by atoms with E-state index in [0.29, 0.717) is 6.04 Å². The Morgan fingerprint density at radius 1 is 1.06 bits per heavy atom. The van der Waals surface area contributed by atoms with Crippen molar-refractivity contribution < 1.29 is 0 Å². The van der Waals surface area contributed by atoms with E-state index in [9.17, 15) is 0 Å². The van der Waals surface area contributed by atoms with Gasteiger partial charge in [-0.25, -0.2) is 0 Å². The SMILES string of the molecule is CC1CCCC(CN)N1C1CCN(C2CC2)C1. The van der Waals surface area contributed by atoms with E-state index in [2.05, 4.69) is 16.7 Å². The fourth-order valence-corrected chi connectivity index (χ4v) is 3.99. The van der Waals surface area contributed by atoms with Gasteiger partial charge in [0.05, 0.1) is 0 Å². The molecule has 3 heteroatoms. The van der Waals surface area contributed by atoms with Crippen molar-refractivity contribution in [2.75, 3.05) is 19.6 Å². The van der Waals surface area contributed by atoms with Crippen LogP contribution >= 0.6 is 0 Å². The number of hydrogen-bond donors (Lipinski definition) is 1. The minimum Gasteiger partial charge on any atom is -0.329 e. The Labute approximate surface area is 105 Å². The highest BCUT2D eigenvalue weighted by molar-refractivity contribution is 4.96. The van der Waals surface area contributed by atoms with Crippen LogP contribution in [0.3, 0.4) is 0 Å². The van der Waals surface area contributed by atoms with Crippen LogP contribution in [-0.4, -0.2) is 53.6 Å². The molecule has 3 rings (SSSR count). The first-order chi connectivity index (χ1) is 8.29. The summed E-state index contributed by atoms with van der Waals surface area (Å²) < 4.78 is 0. The highest BCUT2D eigenvalue weighted by Gasteiger charge is 2.40. The standard InChI is InChI=1S/C14H27N3/c1-11-3-2-4-13(9-15)17(11)14-7-8-16(10-14)12-5-6-12/h11-14H,2-10,15H2,1H3. The van der Waals surface area contributed by atoms with E-state index in [1.807, 2.05) is 0 Å². The zero-order valence-corrected chi connectivity index (χ0v) is 11.1. The van der Waals surface area contributed by atoms with Crippen molar-refractivity contribution in [2.24, 2.45) is 5.73 Å². The van der Waals surface area contributed by atoms with Gasteiger partial charge in [-0.05, 0) is 39.0 Å². The van der Waals surface area contributed by atoms with Crippen LogP contribution < -0.4 is 5.73 Å². The summed E-state index contributed by atoms with van der Waals surface area (Å²) >= 11 is 0. The van der Waals surface area contributed by atoms with Gasteiger partial charge >= 0.3 is 0 Å². The van der Waals surface area contributed by atoms with Gasteiger partial charge in [0.1, 0.15) is 0 Å². The molecule has 3 aliphatic rings. The molecule has 0 aromatic rings. The first kappa shape index (κ1) is 11.9. The van der Waals surface area contributed by atoms with E-state index in [0.717, 1.165) is 24.7 Å². The zero-order valence-electron chi connectivity index (χ0n) is 11.1. The Bertz CT molecular complexity index is 264. The topological polar surface area (TPSA) is 32.5 Å². The molecule has 0 aromatic carbocycles. The molecule has 1 saturated carbocycles. The maximum atomic E-state index is 5.98. The smallest absolute Gasteiger partial charge is 0.0241 e. The van der Waals surface area contributed by atoms with Crippen LogP contribution in [0.15, 0.2) is 0 Å². The second-order valence-electron chi connectivity index (χ2n) is 6.29. The van der Waals surface area contributed by atoms with E-state index >= 15 is 0 Å². The van der Waals surface area contributed by atoms with Crippen molar-refractivity contribution in [1.82, 2.24) is 9.80 Å². The summed E-state index contributed by atoms with van der Waals surface area (Å²) in [5, 5.41) is 0. The summed E-state index contributed by atoms with van der Waals surface area (Å²) in [5.74, 6) is 0. The molecule has 1 aliphatic carbocycles. The third-order valence-electron chi connectivity index (χ3n) is 5.04. The molecule has 17 heavy (non-hydrogen) atoms. The number of hydrogen-bond acceptors (Lipinski definition) is 3. The molecule has 2 heterocycles. The molecule has 3 fully saturated rings. The van der Waals surface area contributed by atoms with Crippen LogP contribution in [0.25, 0.3) is 0 Å². The Hall–Kier alpha value is -0.120. The minimum absolute atomic E-state index is 0.655. The predicted octanol–water partition coefficient (Wildman–Crippen LogP) is 1.42. The summed E-state index contributed by atoms with van der Waals surface area (Å²) in [7, 11) is 0. The van der Waals surface area contributed by atoms with Gasteiger partial charge in [-0.15, -0.1) is 0 Å². The molecule has 3 unspecified atom stereocenters. The van der Waals surface area contributed by atoms with E-state index in [-0.39, 0.29) is 0 Å². The second kappa shape index (κ2) is 4.87. The van der Waals surface area contributed by atoms with Gasteiger partial charge < -0.3 is 5.73 Å². The summed E-state index contributed by atoms with van der Waals surface area (Å²) in [4.78, 5) is 5.49. The Morgan fingerprint density at radius 3 is 2.59 bits per heavy atom. The number of nitrogens with two attached hydrogens (primary N) is 1. The molecule has 0 aromatic heterocycles. The maximum Gasteiger partial charge on any atom is 0.0241 e. The fraction of sp³-hybridized carbons (Fsp3) is 1.00. The molecule has 3 nitrogen and oxygen atoms in total. The molecule has 0 radical (unpaired) electrons. The quantitative estimate of drug-likeness (QED) is 0.806. The lowest BCUT2D eigenvalue weighted by Gasteiger charge is -2.44. The van der Waals surface area contributed by atoms with Crippen molar-refractivity contribution in [3.05, 3.63) is 0 Å². The van der Waals surface area contributed by atoms with Crippen LogP contribution in [0.1, 0.15) is 45.4 Å². The van der Waals surface area contributed by atoms with Crippen LogP contribution in [0.2, 0.25) is 0 Å². The average Bonchev–Trinajstić information content (AvgIpc) is 3.08. The van der Waals surface area contributed by atoms with E-state index in [1.54, 1.807) is 0 Å². The maximum absolute atomic E-state index is 5.98. The monoisotopic (exact) mass is 237 g/mol. The Morgan fingerprint density at radius 2 is 1.88 bits per heavy atom. The van der Waals surface area contributed by atoms with E-state index < -0.39 is 0 Å². The Balaban J connectivity index is 1.64. The molecule has 2 N–H and O–H groups in total. The molecular formula is C14H27N3. The summed E-state index contributed by atoms with van der Waals surface area (Å²) in [5.41, 5.74) is 5.98. The van der Waals surface area contributed by atoms with Crippen molar-refractivity contribution in [2.45, 2.75) is 69.6 Å². The lowest BCUT2D eigenvalue weighted by molar-refractivity contribution is 0.0527. The summed E-state index contributed by atoms with van der Waals surface area (Å²) in [6, 6.07) is 3.14. The summed E-state index contributed by atoms with van der Waals surface area (Å²) in [6.45, 7) is 5.90. The molecule has 0 amide bonds. The molecule has 0 spiro atoms. The molecule has 2 aliphatic heterocycles. The van der Waals surface area contributed by atoms with Crippen molar-refractivity contribution >= 4 is 0 Å². The van der Waals surface area contributed by atoms with Crippen molar-refractivity contribution in [3.63, 3.8) is 0 Å².